The van der Waals surface area contributed by atoms with E-state index in [1.54, 1.807) is 0 Å². The minimum Gasteiger partial charge on any atom is -0.467 e. The van der Waals surface area contributed by atoms with Crippen LogP contribution < -0.4 is 5.32 Å². The molecule has 0 aliphatic carbocycles. The van der Waals surface area contributed by atoms with E-state index in [1.807, 2.05) is 13.8 Å². The third-order valence-electron chi connectivity index (χ3n) is 1.87. The van der Waals surface area contributed by atoms with Gasteiger partial charge in [0, 0.05) is 0 Å². The fourth-order valence-corrected chi connectivity index (χ4v) is 1.14. The van der Waals surface area contributed by atoms with Crippen LogP contribution in [0.25, 0.3) is 0 Å². The van der Waals surface area contributed by atoms with Crippen molar-refractivity contribution in [1.82, 2.24) is 5.32 Å². The second kappa shape index (κ2) is 6.81. The minimum atomic E-state index is -1.03. The third-order valence-corrected chi connectivity index (χ3v) is 1.87. The van der Waals surface area contributed by atoms with Gasteiger partial charge in [-0.1, -0.05) is 13.8 Å². The molecule has 0 rings (SSSR count). The van der Waals surface area contributed by atoms with Crippen molar-refractivity contribution in [2.24, 2.45) is 5.92 Å². The molecule has 0 saturated carbocycles. The van der Waals surface area contributed by atoms with E-state index in [0.29, 0.717) is 6.42 Å². The average molecular weight is 231 g/mol. The molecule has 0 saturated heterocycles. The van der Waals surface area contributed by atoms with Crippen molar-refractivity contribution >= 4 is 17.8 Å². The van der Waals surface area contributed by atoms with Crippen molar-refractivity contribution in [2.75, 3.05) is 14.2 Å². The number of methoxy groups -OCH3 is 2. The molecule has 0 bridgehead atoms. The molecule has 1 atom stereocenters. The average Bonchev–Trinajstić information content (AvgIpc) is 2.25. The third kappa shape index (κ3) is 4.77. The van der Waals surface area contributed by atoms with E-state index in [1.165, 1.54) is 7.11 Å². The Morgan fingerprint density at radius 2 is 1.69 bits per heavy atom. The number of hydrogen-bond acceptors (Lipinski definition) is 5. The number of carbonyl (C=O) groups is 3. The Bertz CT molecular complexity index is 274. The van der Waals surface area contributed by atoms with Gasteiger partial charge in [0.2, 0.25) is 0 Å². The molecule has 1 amide bonds. The number of carbonyl (C=O) groups excluding carboxylic acids is 3. The molecule has 0 aliphatic rings. The van der Waals surface area contributed by atoms with Gasteiger partial charge in [-0.05, 0) is 12.3 Å². The summed E-state index contributed by atoms with van der Waals surface area (Å²) in [6, 6.07) is -0.823. The van der Waals surface area contributed by atoms with E-state index in [0.717, 1.165) is 7.11 Å². The zero-order valence-corrected chi connectivity index (χ0v) is 9.90. The molecule has 0 aromatic heterocycles. The Labute approximate surface area is 94.3 Å². The summed E-state index contributed by atoms with van der Waals surface area (Å²) in [5, 5.41) is 2.26. The monoisotopic (exact) mass is 231 g/mol. The Kier molecular flexibility index (Phi) is 6.14. The summed E-state index contributed by atoms with van der Waals surface area (Å²) in [6.07, 6.45) is 0.398. The Morgan fingerprint density at radius 3 is 2.06 bits per heavy atom. The summed E-state index contributed by atoms with van der Waals surface area (Å²) < 4.78 is 8.75. The molecule has 0 aromatic carbocycles. The van der Waals surface area contributed by atoms with E-state index in [2.05, 4.69) is 14.8 Å². The van der Waals surface area contributed by atoms with Crippen molar-refractivity contribution in [2.45, 2.75) is 26.3 Å². The molecule has 0 fully saturated rings. The predicted molar refractivity (Wildman–Crippen MR) is 55.4 cm³/mol. The van der Waals surface area contributed by atoms with E-state index in [-0.39, 0.29) is 5.92 Å². The summed E-state index contributed by atoms with van der Waals surface area (Å²) in [7, 11) is 2.32. The first kappa shape index (κ1) is 14.4. The van der Waals surface area contributed by atoms with Crippen LogP contribution in [-0.4, -0.2) is 38.1 Å². The fraction of sp³-hybridized carbons (Fsp3) is 0.700. The van der Waals surface area contributed by atoms with Crippen molar-refractivity contribution in [3.8, 4) is 0 Å². The maximum absolute atomic E-state index is 11.3. The number of nitrogens with one attached hydrogen (secondary N) is 1. The lowest BCUT2D eigenvalue weighted by atomic mass is 10.0. The van der Waals surface area contributed by atoms with Crippen LogP contribution in [0.5, 0.6) is 0 Å². The van der Waals surface area contributed by atoms with Gasteiger partial charge in [0.1, 0.15) is 6.04 Å². The topological polar surface area (TPSA) is 81.7 Å². The lowest BCUT2D eigenvalue weighted by Gasteiger charge is -2.17. The number of rotatable bonds is 4. The van der Waals surface area contributed by atoms with Crippen LogP contribution in [0.1, 0.15) is 20.3 Å². The first-order chi connectivity index (χ1) is 7.42. The summed E-state index contributed by atoms with van der Waals surface area (Å²) in [4.78, 5) is 33.4. The first-order valence-corrected chi connectivity index (χ1v) is 4.89. The van der Waals surface area contributed by atoms with Gasteiger partial charge in [0.05, 0.1) is 14.2 Å². The van der Waals surface area contributed by atoms with Gasteiger partial charge in [0.15, 0.2) is 0 Å². The summed E-state index contributed by atoms with van der Waals surface area (Å²) in [6.45, 7) is 3.78. The second-order valence-electron chi connectivity index (χ2n) is 3.67. The second-order valence-corrected chi connectivity index (χ2v) is 3.67. The lowest BCUT2D eigenvalue weighted by molar-refractivity contribution is -0.154. The Balaban J connectivity index is 4.48. The summed E-state index contributed by atoms with van der Waals surface area (Å²) >= 11 is 0. The van der Waals surface area contributed by atoms with Crippen molar-refractivity contribution in [3.05, 3.63) is 0 Å². The molecule has 6 heteroatoms. The van der Waals surface area contributed by atoms with Crippen LogP contribution in [0, 0.1) is 5.92 Å². The van der Waals surface area contributed by atoms with Gasteiger partial charge in [-0.3, -0.25) is 4.79 Å². The summed E-state index contributed by atoms with van der Waals surface area (Å²) in [5.41, 5.74) is 0. The minimum absolute atomic E-state index is 0.182. The molecule has 0 aliphatic heterocycles. The number of esters is 2. The zero-order chi connectivity index (χ0) is 12.7. The van der Waals surface area contributed by atoms with Gasteiger partial charge in [-0.25, -0.2) is 9.59 Å². The van der Waals surface area contributed by atoms with Crippen LogP contribution in [0.15, 0.2) is 0 Å². The molecule has 6 nitrogen and oxygen atoms in total. The normalized spacial score (nSPS) is 11.8. The maximum Gasteiger partial charge on any atom is 0.396 e. The lowest BCUT2D eigenvalue weighted by Crippen LogP contribution is -2.45. The zero-order valence-electron chi connectivity index (χ0n) is 9.90. The molecule has 1 N–H and O–H groups in total. The van der Waals surface area contributed by atoms with Crippen LogP contribution in [0.4, 0.5) is 0 Å². The highest BCUT2D eigenvalue weighted by Gasteiger charge is 2.25. The van der Waals surface area contributed by atoms with Crippen molar-refractivity contribution in [3.63, 3.8) is 0 Å². The number of amides is 1. The highest BCUT2D eigenvalue weighted by atomic mass is 16.5. The molecule has 0 radical (unpaired) electrons. The smallest absolute Gasteiger partial charge is 0.396 e. The van der Waals surface area contributed by atoms with E-state index >= 15 is 0 Å². The van der Waals surface area contributed by atoms with Crippen molar-refractivity contribution in [1.29, 1.82) is 0 Å². The van der Waals surface area contributed by atoms with Crippen LogP contribution in [0.2, 0.25) is 0 Å². The molecule has 0 aromatic rings. The number of hydrogen-bond donors (Lipinski definition) is 1. The number of ether oxygens (including phenoxy) is 2. The Hall–Kier alpha value is -1.59. The van der Waals surface area contributed by atoms with E-state index in [9.17, 15) is 14.4 Å². The van der Waals surface area contributed by atoms with Gasteiger partial charge >= 0.3 is 17.8 Å². The van der Waals surface area contributed by atoms with Gasteiger partial charge < -0.3 is 14.8 Å². The highest BCUT2D eigenvalue weighted by molar-refractivity contribution is 6.32. The predicted octanol–water partition coefficient (Wildman–Crippen LogP) is -0.137. The first-order valence-electron chi connectivity index (χ1n) is 4.89. The van der Waals surface area contributed by atoms with Gasteiger partial charge in [-0.15, -0.1) is 0 Å². The van der Waals surface area contributed by atoms with Crippen LogP contribution >= 0.6 is 0 Å². The van der Waals surface area contributed by atoms with Crippen molar-refractivity contribution < 1.29 is 23.9 Å². The summed E-state index contributed by atoms with van der Waals surface area (Å²) in [5.74, 6) is -2.37. The molecule has 0 unspecified atom stereocenters. The molecule has 16 heavy (non-hydrogen) atoms. The quantitative estimate of drug-likeness (QED) is 0.538. The molecule has 0 spiro atoms. The highest BCUT2D eigenvalue weighted by Crippen LogP contribution is 2.06. The van der Waals surface area contributed by atoms with Crippen LogP contribution in [0.3, 0.4) is 0 Å². The molecular formula is C10H17NO5. The molecular weight excluding hydrogens is 214 g/mol. The SMILES string of the molecule is COC(=O)C(=O)N[C@H](CC(C)C)C(=O)OC. The van der Waals surface area contributed by atoms with Crippen LogP contribution in [-0.2, 0) is 23.9 Å². The molecule has 0 heterocycles. The standard InChI is InChI=1S/C10H17NO5/c1-6(2)5-7(9(13)15-3)11-8(12)10(14)16-4/h6-7H,5H2,1-4H3,(H,11,12)/t7-/m1/s1. The fourth-order valence-electron chi connectivity index (χ4n) is 1.14. The van der Waals surface area contributed by atoms with Gasteiger partial charge in [-0.2, -0.15) is 0 Å². The van der Waals surface area contributed by atoms with E-state index in [4.69, 9.17) is 0 Å². The largest absolute Gasteiger partial charge is 0.467 e. The van der Waals surface area contributed by atoms with Gasteiger partial charge in [0.25, 0.3) is 0 Å². The molecule has 92 valence electrons. The Morgan fingerprint density at radius 1 is 1.12 bits per heavy atom. The maximum atomic E-state index is 11.3. The van der Waals surface area contributed by atoms with E-state index < -0.39 is 23.9 Å².